The predicted molar refractivity (Wildman–Crippen MR) is 62.6 cm³/mol. The van der Waals surface area contributed by atoms with E-state index in [-0.39, 0.29) is 11.2 Å². The molecule has 0 aliphatic rings. The van der Waals surface area contributed by atoms with Crippen LogP contribution in [-0.2, 0) is 5.41 Å². The van der Waals surface area contributed by atoms with Crippen LogP contribution in [0.2, 0.25) is 0 Å². The number of hydrogen-bond donors (Lipinski definition) is 0. The number of fused-ring (bicyclic) bond motifs is 1. The molecule has 0 amide bonds. The molecular weight excluding hydrogens is 187 g/mol. The molecule has 0 saturated heterocycles. The SMILES string of the molecule is CC(C)(C)c1cc2ccccc2cc1F. The Hall–Kier alpha value is -1.37. The van der Waals surface area contributed by atoms with Crippen molar-refractivity contribution in [2.75, 3.05) is 0 Å². The van der Waals surface area contributed by atoms with Gasteiger partial charge in [0.1, 0.15) is 5.82 Å². The van der Waals surface area contributed by atoms with Crippen molar-refractivity contribution >= 4 is 10.8 Å². The van der Waals surface area contributed by atoms with Gasteiger partial charge in [-0.3, -0.25) is 0 Å². The Morgan fingerprint density at radius 2 is 1.47 bits per heavy atom. The van der Waals surface area contributed by atoms with E-state index in [1.165, 1.54) is 0 Å². The van der Waals surface area contributed by atoms with E-state index < -0.39 is 0 Å². The molecule has 0 aromatic heterocycles. The van der Waals surface area contributed by atoms with Crippen LogP contribution in [0.4, 0.5) is 4.39 Å². The van der Waals surface area contributed by atoms with Crippen LogP contribution in [0.3, 0.4) is 0 Å². The molecule has 0 radical (unpaired) electrons. The van der Waals surface area contributed by atoms with Gasteiger partial charge < -0.3 is 0 Å². The minimum atomic E-state index is -0.145. The van der Waals surface area contributed by atoms with E-state index >= 15 is 0 Å². The van der Waals surface area contributed by atoms with Gasteiger partial charge in [-0.25, -0.2) is 4.39 Å². The number of benzene rings is 2. The lowest BCUT2D eigenvalue weighted by Gasteiger charge is -2.20. The molecule has 0 fully saturated rings. The summed E-state index contributed by atoms with van der Waals surface area (Å²) in [6.07, 6.45) is 0. The summed E-state index contributed by atoms with van der Waals surface area (Å²) in [5, 5.41) is 2.06. The molecule has 0 heterocycles. The molecule has 78 valence electrons. The van der Waals surface area contributed by atoms with E-state index in [0.29, 0.717) is 0 Å². The van der Waals surface area contributed by atoms with Gasteiger partial charge in [0.25, 0.3) is 0 Å². The molecule has 0 atom stereocenters. The van der Waals surface area contributed by atoms with Crippen molar-refractivity contribution < 1.29 is 4.39 Å². The predicted octanol–water partition coefficient (Wildman–Crippen LogP) is 4.28. The largest absolute Gasteiger partial charge is 0.207 e. The average molecular weight is 202 g/mol. The van der Waals surface area contributed by atoms with Gasteiger partial charge in [0.2, 0.25) is 0 Å². The van der Waals surface area contributed by atoms with Crippen LogP contribution in [0.5, 0.6) is 0 Å². The molecule has 0 saturated carbocycles. The zero-order valence-electron chi connectivity index (χ0n) is 9.34. The fraction of sp³-hybridized carbons (Fsp3) is 0.286. The second kappa shape index (κ2) is 3.34. The van der Waals surface area contributed by atoms with Crippen LogP contribution in [0, 0.1) is 5.82 Å². The first-order valence-electron chi connectivity index (χ1n) is 5.17. The van der Waals surface area contributed by atoms with Crippen molar-refractivity contribution in [3.05, 3.63) is 47.8 Å². The van der Waals surface area contributed by atoms with E-state index in [2.05, 4.69) is 0 Å². The van der Waals surface area contributed by atoms with Crippen molar-refractivity contribution in [1.29, 1.82) is 0 Å². The van der Waals surface area contributed by atoms with Crippen LogP contribution >= 0.6 is 0 Å². The molecule has 0 nitrogen and oxygen atoms in total. The monoisotopic (exact) mass is 202 g/mol. The molecule has 0 aliphatic carbocycles. The number of halogens is 1. The first kappa shape index (κ1) is 10.2. The fourth-order valence-electron chi connectivity index (χ4n) is 1.79. The minimum Gasteiger partial charge on any atom is -0.207 e. The van der Waals surface area contributed by atoms with Gasteiger partial charge in [-0.15, -0.1) is 0 Å². The maximum absolute atomic E-state index is 13.8. The molecule has 0 spiro atoms. The third-order valence-corrected chi connectivity index (χ3v) is 2.64. The summed E-state index contributed by atoms with van der Waals surface area (Å²) in [6.45, 7) is 6.08. The van der Waals surface area contributed by atoms with Crippen molar-refractivity contribution in [2.24, 2.45) is 0 Å². The summed E-state index contributed by atoms with van der Waals surface area (Å²) in [4.78, 5) is 0. The van der Waals surface area contributed by atoms with Crippen LogP contribution < -0.4 is 0 Å². The van der Waals surface area contributed by atoms with Crippen LogP contribution in [-0.4, -0.2) is 0 Å². The molecular formula is C14H15F. The molecule has 0 bridgehead atoms. The lowest BCUT2D eigenvalue weighted by Crippen LogP contribution is -2.13. The van der Waals surface area contributed by atoms with Crippen LogP contribution in [0.1, 0.15) is 26.3 Å². The van der Waals surface area contributed by atoms with Gasteiger partial charge >= 0.3 is 0 Å². The summed E-state index contributed by atoms with van der Waals surface area (Å²) in [5.41, 5.74) is 0.634. The van der Waals surface area contributed by atoms with E-state index in [0.717, 1.165) is 16.3 Å². The second-order valence-corrected chi connectivity index (χ2v) is 4.93. The number of rotatable bonds is 0. The molecule has 2 aromatic carbocycles. The summed E-state index contributed by atoms with van der Waals surface area (Å²) >= 11 is 0. The van der Waals surface area contributed by atoms with Crippen molar-refractivity contribution in [2.45, 2.75) is 26.2 Å². The van der Waals surface area contributed by atoms with E-state index in [9.17, 15) is 4.39 Å². The lowest BCUT2D eigenvalue weighted by molar-refractivity contribution is 0.524. The fourth-order valence-corrected chi connectivity index (χ4v) is 1.79. The minimum absolute atomic E-state index is 0.110. The highest BCUT2D eigenvalue weighted by Crippen LogP contribution is 2.28. The van der Waals surface area contributed by atoms with Crippen LogP contribution in [0.25, 0.3) is 10.8 Å². The first-order valence-corrected chi connectivity index (χ1v) is 5.17. The highest BCUT2D eigenvalue weighted by molar-refractivity contribution is 5.83. The quantitative estimate of drug-likeness (QED) is 0.598. The lowest BCUT2D eigenvalue weighted by atomic mass is 9.85. The van der Waals surface area contributed by atoms with Gasteiger partial charge in [-0.1, -0.05) is 45.0 Å². The Morgan fingerprint density at radius 1 is 0.933 bits per heavy atom. The molecule has 2 rings (SSSR count). The number of hydrogen-bond acceptors (Lipinski definition) is 0. The maximum atomic E-state index is 13.8. The Bertz CT molecular complexity index is 492. The van der Waals surface area contributed by atoms with E-state index in [1.807, 2.05) is 51.1 Å². The highest BCUT2D eigenvalue weighted by Gasteiger charge is 2.18. The Balaban J connectivity index is 2.73. The topological polar surface area (TPSA) is 0 Å². The van der Waals surface area contributed by atoms with Gasteiger partial charge in [0.15, 0.2) is 0 Å². The summed E-state index contributed by atoms with van der Waals surface area (Å²) in [7, 11) is 0. The normalized spacial score (nSPS) is 12.0. The van der Waals surface area contributed by atoms with Crippen molar-refractivity contribution in [1.82, 2.24) is 0 Å². The molecule has 0 aliphatic heterocycles. The van der Waals surface area contributed by atoms with E-state index in [1.54, 1.807) is 6.07 Å². The van der Waals surface area contributed by atoms with Gasteiger partial charge in [-0.2, -0.15) is 0 Å². The van der Waals surface area contributed by atoms with E-state index in [4.69, 9.17) is 0 Å². The molecule has 0 N–H and O–H groups in total. The summed E-state index contributed by atoms with van der Waals surface area (Å²) in [6, 6.07) is 11.4. The maximum Gasteiger partial charge on any atom is 0.127 e. The Kier molecular flexibility index (Phi) is 2.26. The molecule has 1 heteroatoms. The zero-order valence-corrected chi connectivity index (χ0v) is 9.34. The van der Waals surface area contributed by atoms with Gasteiger partial charge in [0, 0.05) is 0 Å². The standard InChI is InChI=1S/C14H15F/c1-14(2,3)12-8-10-6-4-5-7-11(10)9-13(12)15/h4-9H,1-3H3. The molecule has 2 aromatic rings. The average Bonchev–Trinajstić information content (AvgIpc) is 2.15. The van der Waals surface area contributed by atoms with Crippen LogP contribution in [0.15, 0.2) is 36.4 Å². The molecule has 15 heavy (non-hydrogen) atoms. The zero-order chi connectivity index (χ0) is 11.1. The smallest absolute Gasteiger partial charge is 0.127 e. The Labute approximate surface area is 89.7 Å². The summed E-state index contributed by atoms with van der Waals surface area (Å²) < 4.78 is 13.8. The first-order chi connectivity index (χ1) is 6.98. The second-order valence-electron chi connectivity index (χ2n) is 4.93. The van der Waals surface area contributed by atoms with Crippen molar-refractivity contribution in [3.8, 4) is 0 Å². The highest BCUT2D eigenvalue weighted by atomic mass is 19.1. The third kappa shape index (κ3) is 1.87. The third-order valence-electron chi connectivity index (χ3n) is 2.64. The van der Waals surface area contributed by atoms with Gasteiger partial charge in [-0.05, 0) is 33.9 Å². The Morgan fingerprint density at radius 3 is 2.00 bits per heavy atom. The van der Waals surface area contributed by atoms with Gasteiger partial charge in [0.05, 0.1) is 0 Å². The molecule has 0 unspecified atom stereocenters. The van der Waals surface area contributed by atoms with Crippen molar-refractivity contribution in [3.63, 3.8) is 0 Å². The summed E-state index contributed by atoms with van der Waals surface area (Å²) in [5.74, 6) is -0.110.